The molecule has 5 heteroatoms. The molecule has 0 amide bonds. The minimum absolute atomic E-state index is 0.125. The van der Waals surface area contributed by atoms with Crippen molar-refractivity contribution >= 4 is 11.8 Å². The molecule has 72 valence electrons. The lowest BCUT2D eigenvalue weighted by Crippen LogP contribution is -2.04. The summed E-state index contributed by atoms with van der Waals surface area (Å²) < 4.78 is 36.4. The van der Waals surface area contributed by atoms with Crippen LogP contribution in [0.1, 0.15) is 5.56 Å². The standard InChI is InChI=1S/C8H7F3OS/c1-13-7-4-5(8(9,10)11)2-3-6(7)12/h2-4,12H,1H3. The van der Waals surface area contributed by atoms with Crippen LogP contribution in [0.25, 0.3) is 0 Å². The summed E-state index contributed by atoms with van der Waals surface area (Å²) in [6.07, 6.45) is -2.74. The van der Waals surface area contributed by atoms with Crippen molar-refractivity contribution in [1.29, 1.82) is 0 Å². The second-order valence-electron chi connectivity index (χ2n) is 2.38. The first-order valence-electron chi connectivity index (χ1n) is 3.39. The van der Waals surface area contributed by atoms with Gasteiger partial charge in [-0.2, -0.15) is 13.2 Å². The average Bonchev–Trinajstić information content (AvgIpc) is 2.03. The summed E-state index contributed by atoms with van der Waals surface area (Å²) in [5.41, 5.74) is -0.741. The molecule has 0 aliphatic carbocycles. The lowest BCUT2D eigenvalue weighted by atomic mass is 10.2. The third-order valence-electron chi connectivity index (χ3n) is 1.51. The van der Waals surface area contributed by atoms with Gasteiger partial charge >= 0.3 is 6.18 Å². The fourth-order valence-electron chi connectivity index (χ4n) is 0.854. The van der Waals surface area contributed by atoms with Crippen LogP contribution < -0.4 is 0 Å². The van der Waals surface area contributed by atoms with Crippen LogP contribution in [-0.2, 0) is 6.18 Å². The minimum Gasteiger partial charge on any atom is -0.507 e. The molecule has 0 saturated carbocycles. The summed E-state index contributed by atoms with van der Waals surface area (Å²) in [5.74, 6) is -0.125. The van der Waals surface area contributed by atoms with Crippen molar-refractivity contribution in [2.75, 3.05) is 6.26 Å². The van der Waals surface area contributed by atoms with E-state index in [1.165, 1.54) is 0 Å². The Bertz CT molecular complexity index is 309. The highest BCUT2D eigenvalue weighted by Crippen LogP contribution is 2.35. The van der Waals surface area contributed by atoms with Gasteiger partial charge in [0.25, 0.3) is 0 Å². The first-order valence-corrected chi connectivity index (χ1v) is 4.62. The average molecular weight is 208 g/mol. The van der Waals surface area contributed by atoms with Crippen LogP contribution in [0.4, 0.5) is 13.2 Å². The predicted molar refractivity (Wildman–Crippen MR) is 44.9 cm³/mol. The molecule has 0 atom stereocenters. The van der Waals surface area contributed by atoms with E-state index in [1.54, 1.807) is 6.26 Å². The highest BCUT2D eigenvalue weighted by molar-refractivity contribution is 7.98. The van der Waals surface area contributed by atoms with Gasteiger partial charge in [0.2, 0.25) is 0 Å². The van der Waals surface area contributed by atoms with E-state index in [0.29, 0.717) is 0 Å². The smallest absolute Gasteiger partial charge is 0.416 e. The largest absolute Gasteiger partial charge is 0.507 e. The quantitative estimate of drug-likeness (QED) is 0.715. The van der Waals surface area contributed by atoms with Gasteiger partial charge in [-0.15, -0.1) is 11.8 Å². The monoisotopic (exact) mass is 208 g/mol. The molecule has 0 unspecified atom stereocenters. The Hall–Kier alpha value is -0.840. The van der Waals surface area contributed by atoms with E-state index in [9.17, 15) is 13.2 Å². The summed E-state index contributed by atoms with van der Waals surface area (Å²) >= 11 is 1.08. The second kappa shape index (κ2) is 3.49. The van der Waals surface area contributed by atoms with Crippen LogP contribution in [0.5, 0.6) is 5.75 Å². The lowest BCUT2D eigenvalue weighted by molar-refractivity contribution is -0.137. The van der Waals surface area contributed by atoms with Crippen molar-refractivity contribution in [3.05, 3.63) is 23.8 Å². The Morgan fingerprint density at radius 1 is 1.31 bits per heavy atom. The van der Waals surface area contributed by atoms with Crippen molar-refractivity contribution < 1.29 is 18.3 Å². The van der Waals surface area contributed by atoms with E-state index in [2.05, 4.69) is 0 Å². The van der Waals surface area contributed by atoms with Gasteiger partial charge in [0, 0.05) is 4.90 Å². The van der Waals surface area contributed by atoms with Gasteiger partial charge in [0.15, 0.2) is 0 Å². The molecular weight excluding hydrogens is 201 g/mol. The van der Waals surface area contributed by atoms with Crippen LogP contribution in [0, 0.1) is 0 Å². The Labute approximate surface area is 77.6 Å². The van der Waals surface area contributed by atoms with Gasteiger partial charge in [-0.3, -0.25) is 0 Å². The number of phenols is 1. The van der Waals surface area contributed by atoms with E-state index >= 15 is 0 Å². The number of rotatable bonds is 1. The zero-order chi connectivity index (χ0) is 10.1. The van der Waals surface area contributed by atoms with Crippen LogP contribution in [0.15, 0.2) is 23.1 Å². The Morgan fingerprint density at radius 2 is 1.92 bits per heavy atom. The zero-order valence-corrected chi connectivity index (χ0v) is 7.54. The molecule has 0 radical (unpaired) electrons. The SMILES string of the molecule is CSc1cc(C(F)(F)F)ccc1O. The van der Waals surface area contributed by atoms with Crippen molar-refractivity contribution in [2.24, 2.45) is 0 Å². The Kier molecular flexibility index (Phi) is 2.75. The Morgan fingerprint density at radius 3 is 2.38 bits per heavy atom. The molecule has 1 rings (SSSR count). The number of phenolic OH excluding ortho intramolecular Hbond substituents is 1. The molecule has 0 bridgehead atoms. The van der Waals surface area contributed by atoms with Gasteiger partial charge < -0.3 is 5.11 Å². The van der Waals surface area contributed by atoms with Gasteiger partial charge in [-0.05, 0) is 24.5 Å². The van der Waals surface area contributed by atoms with Crippen LogP contribution in [0.3, 0.4) is 0 Å². The number of halogens is 3. The first-order chi connectivity index (χ1) is 5.95. The van der Waals surface area contributed by atoms with E-state index in [0.717, 1.165) is 30.0 Å². The molecule has 1 aromatic rings. The van der Waals surface area contributed by atoms with E-state index < -0.39 is 11.7 Å². The molecule has 1 nitrogen and oxygen atoms in total. The van der Waals surface area contributed by atoms with E-state index in [-0.39, 0.29) is 10.6 Å². The molecule has 0 heterocycles. The third-order valence-corrected chi connectivity index (χ3v) is 2.27. The summed E-state index contributed by atoms with van der Waals surface area (Å²) in [5, 5.41) is 9.11. The molecule has 1 aromatic carbocycles. The lowest BCUT2D eigenvalue weighted by Gasteiger charge is -2.08. The van der Waals surface area contributed by atoms with Gasteiger partial charge in [0.05, 0.1) is 5.56 Å². The topological polar surface area (TPSA) is 20.2 Å². The highest BCUT2D eigenvalue weighted by atomic mass is 32.2. The molecule has 0 aliphatic rings. The van der Waals surface area contributed by atoms with Crippen molar-refractivity contribution in [3.8, 4) is 5.75 Å². The fraction of sp³-hybridized carbons (Fsp3) is 0.250. The van der Waals surface area contributed by atoms with Crippen LogP contribution >= 0.6 is 11.8 Å². The van der Waals surface area contributed by atoms with Crippen LogP contribution in [-0.4, -0.2) is 11.4 Å². The van der Waals surface area contributed by atoms with Crippen LogP contribution in [0.2, 0.25) is 0 Å². The number of thioether (sulfide) groups is 1. The summed E-state index contributed by atoms with van der Waals surface area (Å²) in [6, 6.07) is 2.84. The summed E-state index contributed by atoms with van der Waals surface area (Å²) in [4.78, 5) is 0.231. The van der Waals surface area contributed by atoms with E-state index in [1.807, 2.05) is 0 Å². The van der Waals surface area contributed by atoms with Crippen molar-refractivity contribution in [3.63, 3.8) is 0 Å². The first kappa shape index (κ1) is 10.2. The second-order valence-corrected chi connectivity index (χ2v) is 3.23. The normalized spacial score (nSPS) is 11.7. The van der Waals surface area contributed by atoms with Crippen molar-refractivity contribution in [1.82, 2.24) is 0 Å². The summed E-state index contributed by atoms with van der Waals surface area (Å²) in [6.45, 7) is 0. The predicted octanol–water partition coefficient (Wildman–Crippen LogP) is 3.13. The van der Waals surface area contributed by atoms with Gasteiger partial charge in [0.1, 0.15) is 5.75 Å². The number of benzene rings is 1. The zero-order valence-electron chi connectivity index (χ0n) is 6.72. The number of hydrogen-bond acceptors (Lipinski definition) is 2. The minimum atomic E-state index is -4.35. The maximum atomic E-state index is 12.1. The van der Waals surface area contributed by atoms with Crippen molar-refractivity contribution in [2.45, 2.75) is 11.1 Å². The maximum absolute atomic E-state index is 12.1. The summed E-state index contributed by atoms with van der Waals surface area (Å²) in [7, 11) is 0. The molecule has 13 heavy (non-hydrogen) atoms. The highest BCUT2D eigenvalue weighted by Gasteiger charge is 2.30. The van der Waals surface area contributed by atoms with Gasteiger partial charge in [-0.1, -0.05) is 0 Å². The molecule has 0 aliphatic heterocycles. The fourth-order valence-corrected chi connectivity index (χ4v) is 1.38. The maximum Gasteiger partial charge on any atom is 0.416 e. The number of aromatic hydroxyl groups is 1. The molecule has 0 spiro atoms. The molecule has 0 fully saturated rings. The third kappa shape index (κ3) is 2.30. The number of alkyl halides is 3. The molecular formula is C8H7F3OS. The molecule has 0 aromatic heterocycles. The molecule has 0 saturated heterocycles. The Balaban J connectivity index is 3.14. The van der Waals surface area contributed by atoms with Gasteiger partial charge in [-0.25, -0.2) is 0 Å². The molecule has 1 N–H and O–H groups in total. The number of hydrogen-bond donors (Lipinski definition) is 1. The van der Waals surface area contributed by atoms with E-state index in [4.69, 9.17) is 5.11 Å².